The molecule has 2 heterocycles. The average Bonchev–Trinajstić information content (AvgIpc) is 3.84. The smallest absolute Gasteiger partial charge is 0.306 e. The summed E-state index contributed by atoms with van der Waals surface area (Å²) in [5.41, 5.74) is -6.76. The third-order valence-corrected chi connectivity index (χ3v) is 13.3. The molecule has 6 aliphatic rings. The third kappa shape index (κ3) is 5.48. The van der Waals surface area contributed by atoms with Crippen LogP contribution in [0.3, 0.4) is 0 Å². The van der Waals surface area contributed by atoms with Crippen LogP contribution in [0.2, 0.25) is 0 Å². The van der Waals surface area contributed by atoms with Crippen LogP contribution in [-0.2, 0) is 38.1 Å². The quantitative estimate of drug-likeness (QED) is 0.132. The lowest BCUT2D eigenvalue weighted by Crippen LogP contribution is -2.70. The SMILES string of the molecule is CCCCCCCCCCCCCC(=O)O[C@@H]1[C@@H](C)[C@@]2(O)[C@@H]([C@@H]3O[C@@]34COC(C)(C)O[C@H]4[C@]3(O)C(=O)C(C)=C[C@H]32)[C@H]2C(C)(C)[C@]12OC(C)=O. The zero-order valence-electron chi connectivity index (χ0n) is 31.0. The number of carbonyl (C=O) groups is 3. The van der Waals surface area contributed by atoms with Gasteiger partial charge in [0.2, 0.25) is 0 Å². The lowest BCUT2D eigenvalue weighted by molar-refractivity contribution is -0.329. The summed E-state index contributed by atoms with van der Waals surface area (Å²) in [7, 11) is 0. The van der Waals surface area contributed by atoms with Crippen LogP contribution < -0.4 is 0 Å². The number of ether oxygens (including phenoxy) is 5. The molecule has 2 N–H and O–H groups in total. The molecule has 6 rings (SSSR count). The monoisotopic (exact) mass is 688 g/mol. The van der Waals surface area contributed by atoms with Gasteiger partial charge in [0.15, 0.2) is 22.8 Å². The van der Waals surface area contributed by atoms with E-state index in [9.17, 15) is 24.6 Å². The number of ketones is 1. The summed E-state index contributed by atoms with van der Waals surface area (Å²) in [4.78, 5) is 40.3. The van der Waals surface area contributed by atoms with Gasteiger partial charge in [0, 0.05) is 42.4 Å². The predicted octanol–water partition coefficient (Wildman–Crippen LogP) is 5.73. The second kappa shape index (κ2) is 12.7. The van der Waals surface area contributed by atoms with Gasteiger partial charge in [-0.25, -0.2) is 0 Å². The van der Waals surface area contributed by atoms with E-state index in [4.69, 9.17) is 23.7 Å². The highest BCUT2D eigenvalue weighted by Gasteiger charge is 2.94. The van der Waals surface area contributed by atoms with Crippen LogP contribution in [0.4, 0.5) is 0 Å². The Morgan fingerprint density at radius 2 is 1.53 bits per heavy atom. The first-order chi connectivity index (χ1) is 23.0. The fourth-order valence-electron chi connectivity index (χ4n) is 10.8. The van der Waals surface area contributed by atoms with Crippen molar-refractivity contribution in [3.8, 4) is 0 Å². The topological polar surface area (TPSA) is 141 Å². The summed E-state index contributed by atoms with van der Waals surface area (Å²) in [5.74, 6) is -5.68. The van der Waals surface area contributed by atoms with Crippen molar-refractivity contribution in [3.63, 3.8) is 0 Å². The summed E-state index contributed by atoms with van der Waals surface area (Å²) in [6.07, 6.45) is 11.8. The van der Waals surface area contributed by atoms with Crippen molar-refractivity contribution in [1.82, 2.24) is 0 Å². The Morgan fingerprint density at radius 3 is 2.12 bits per heavy atom. The van der Waals surface area contributed by atoms with Crippen molar-refractivity contribution >= 4 is 17.7 Å². The molecule has 0 aromatic rings. The van der Waals surface area contributed by atoms with E-state index < -0.39 is 93.3 Å². The standard InChI is InChI=1S/C39H60O10/c1-9-10-11-12-13-14-15-16-17-18-19-20-27(41)46-31-24(3)37(43)26-21-23(2)30(42)38(26,44)33-36(22-45-35(7,8)49-33)32(48-36)28(37)29-34(5,6)39(29,31)47-25(4)40/h21,24,26,28-29,31-33,43-44H,9-20,22H2,1-8H3/t24-,26+,28-,29+,31-,32+,33-,36+,37+,38-,39-/m1/s1. The van der Waals surface area contributed by atoms with Gasteiger partial charge in [-0.05, 0) is 32.8 Å². The van der Waals surface area contributed by atoms with Crippen molar-refractivity contribution in [1.29, 1.82) is 0 Å². The van der Waals surface area contributed by atoms with E-state index in [2.05, 4.69) is 6.92 Å². The number of esters is 2. The van der Waals surface area contributed by atoms with E-state index in [0.29, 0.717) is 12.0 Å². The zero-order chi connectivity index (χ0) is 35.8. The number of aliphatic hydroxyl groups is 2. The molecule has 0 amide bonds. The fourth-order valence-corrected chi connectivity index (χ4v) is 10.8. The number of unbranched alkanes of at least 4 members (excludes halogenated alkanes) is 10. The van der Waals surface area contributed by atoms with Gasteiger partial charge in [0.25, 0.3) is 0 Å². The van der Waals surface area contributed by atoms with Gasteiger partial charge >= 0.3 is 11.9 Å². The van der Waals surface area contributed by atoms with Crippen LogP contribution in [0.5, 0.6) is 0 Å². The van der Waals surface area contributed by atoms with E-state index in [0.717, 1.165) is 19.3 Å². The molecule has 49 heavy (non-hydrogen) atoms. The molecule has 5 fully saturated rings. The first-order valence-corrected chi connectivity index (χ1v) is 19.0. The molecule has 4 aliphatic carbocycles. The van der Waals surface area contributed by atoms with Crippen LogP contribution in [0.1, 0.15) is 132 Å². The van der Waals surface area contributed by atoms with Gasteiger partial charge in [-0.2, -0.15) is 0 Å². The molecule has 276 valence electrons. The second-order valence-electron chi connectivity index (χ2n) is 17.1. The van der Waals surface area contributed by atoms with Gasteiger partial charge in [-0.15, -0.1) is 0 Å². The van der Waals surface area contributed by atoms with Gasteiger partial charge in [-0.3, -0.25) is 14.4 Å². The van der Waals surface area contributed by atoms with E-state index in [1.807, 2.05) is 13.8 Å². The largest absolute Gasteiger partial charge is 0.458 e. The minimum absolute atomic E-state index is 0.0583. The van der Waals surface area contributed by atoms with Crippen molar-refractivity contribution in [2.24, 2.45) is 29.1 Å². The third-order valence-electron chi connectivity index (χ3n) is 13.3. The maximum absolute atomic E-state index is 14.0. The van der Waals surface area contributed by atoms with Gasteiger partial charge in [-0.1, -0.05) is 98.0 Å². The molecule has 2 saturated heterocycles. The van der Waals surface area contributed by atoms with E-state index in [1.54, 1.807) is 33.8 Å². The highest BCUT2D eigenvalue weighted by molar-refractivity contribution is 6.05. The Bertz CT molecular complexity index is 1350. The van der Waals surface area contributed by atoms with Crippen molar-refractivity contribution in [2.75, 3.05) is 6.61 Å². The number of fused-ring (bicyclic) bond motifs is 7. The molecule has 0 bridgehead atoms. The van der Waals surface area contributed by atoms with Crippen LogP contribution >= 0.6 is 0 Å². The zero-order valence-corrected chi connectivity index (χ0v) is 31.0. The first-order valence-electron chi connectivity index (χ1n) is 19.0. The maximum Gasteiger partial charge on any atom is 0.306 e. The molecule has 0 aromatic heterocycles. The number of epoxide rings is 1. The van der Waals surface area contributed by atoms with Crippen LogP contribution in [0, 0.1) is 29.1 Å². The van der Waals surface area contributed by atoms with Crippen molar-refractivity contribution < 1.29 is 48.3 Å². The Morgan fingerprint density at radius 1 is 0.939 bits per heavy atom. The molecule has 3 saturated carbocycles. The lowest BCUT2D eigenvalue weighted by Gasteiger charge is -2.54. The molecule has 1 spiro atoms. The number of carbonyl (C=O) groups excluding carboxylic acids is 3. The van der Waals surface area contributed by atoms with Gasteiger partial charge in [0.1, 0.15) is 17.8 Å². The molecular weight excluding hydrogens is 628 g/mol. The average molecular weight is 689 g/mol. The predicted molar refractivity (Wildman–Crippen MR) is 180 cm³/mol. The van der Waals surface area contributed by atoms with Gasteiger partial charge in [0.05, 0.1) is 18.3 Å². The molecule has 0 unspecified atom stereocenters. The molecule has 10 heteroatoms. The summed E-state index contributed by atoms with van der Waals surface area (Å²) in [6.45, 7) is 14.4. The maximum atomic E-state index is 14.0. The molecule has 0 radical (unpaired) electrons. The molecule has 0 aromatic carbocycles. The van der Waals surface area contributed by atoms with Crippen LogP contribution in [0.25, 0.3) is 0 Å². The molecule has 10 nitrogen and oxygen atoms in total. The number of Topliss-reactive ketones (excluding diaryl/α,β-unsaturated/α-hetero) is 1. The first kappa shape index (κ1) is 36.9. The van der Waals surface area contributed by atoms with E-state index in [1.165, 1.54) is 51.9 Å². The fraction of sp³-hybridized carbons (Fsp3) is 0.872. The summed E-state index contributed by atoms with van der Waals surface area (Å²) >= 11 is 0. The summed E-state index contributed by atoms with van der Waals surface area (Å²) < 4.78 is 31.4. The molecule has 2 aliphatic heterocycles. The number of rotatable bonds is 14. The Kier molecular flexibility index (Phi) is 9.55. The summed E-state index contributed by atoms with van der Waals surface area (Å²) in [6, 6.07) is 0. The second-order valence-corrected chi connectivity index (χ2v) is 17.1. The molecule has 11 atom stereocenters. The minimum Gasteiger partial charge on any atom is -0.458 e. The Balaban J connectivity index is 1.24. The van der Waals surface area contributed by atoms with Crippen LogP contribution in [-0.4, -0.2) is 81.0 Å². The molecular formula is C39H60O10. The van der Waals surface area contributed by atoms with Crippen molar-refractivity contribution in [2.45, 2.75) is 179 Å². The van der Waals surface area contributed by atoms with Gasteiger partial charge < -0.3 is 33.9 Å². The minimum atomic E-state index is -2.15. The number of hydrogen-bond acceptors (Lipinski definition) is 10. The highest BCUT2D eigenvalue weighted by Crippen LogP contribution is 2.80. The van der Waals surface area contributed by atoms with E-state index in [-0.39, 0.29) is 13.0 Å². The van der Waals surface area contributed by atoms with Crippen LogP contribution in [0.15, 0.2) is 11.6 Å². The Labute approximate surface area is 292 Å². The highest BCUT2D eigenvalue weighted by atomic mass is 16.8. The lowest BCUT2D eigenvalue weighted by atomic mass is 9.58. The number of hydrogen-bond donors (Lipinski definition) is 2. The summed E-state index contributed by atoms with van der Waals surface area (Å²) in [5, 5.41) is 25.9. The Hall–Kier alpha value is -1.85. The van der Waals surface area contributed by atoms with E-state index >= 15 is 0 Å². The van der Waals surface area contributed by atoms with Crippen molar-refractivity contribution in [3.05, 3.63) is 11.6 Å². The normalized spacial score (nSPS) is 43.5.